The summed E-state index contributed by atoms with van der Waals surface area (Å²) in [7, 11) is 0. The molecule has 1 fully saturated rings. The highest BCUT2D eigenvalue weighted by Crippen LogP contribution is 2.24. The minimum absolute atomic E-state index is 0.120. The fourth-order valence-electron chi connectivity index (χ4n) is 2.06. The van der Waals surface area contributed by atoms with Crippen LogP contribution in [0.1, 0.15) is 31.2 Å². The molecule has 0 heterocycles. The van der Waals surface area contributed by atoms with Gasteiger partial charge in [0.2, 0.25) is 0 Å². The van der Waals surface area contributed by atoms with Gasteiger partial charge >= 0.3 is 0 Å². The van der Waals surface area contributed by atoms with Crippen LogP contribution in [0.5, 0.6) is 0 Å². The maximum absolute atomic E-state index is 13.2. The van der Waals surface area contributed by atoms with Crippen LogP contribution in [0.4, 0.5) is 4.39 Å². The van der Waals surface area contributed by atoms with E-state index in [-0.39, 0.29) is 11.1 Å². The van der Waals surface area contributed by atoms with Gasteiger partial charge in [0, 0.05) is 0 Å². The van der Waals surface area contributed by atoms with Crippen molar-refractivity contribution in [3.05, 3.63) is 34.6 Å². The van der Waals surface area contributed by atoms with Gasteiger partial charge in [0.05, 0.1) is 23.4 Å². The first kappa shape index (κ1) is 13.3. The highest BCUT2D eigenvalue weighted by molar-refractivity contribution is 6.31. The van der Waals surface area contributed by atoms with Gasteiger partial charge in [0.15, 0.2) is 0 Å². The lowest BCUT2D eigenvalue weighted by Gasteiger charge is -2.22. The minimum Gasteiger partial charge on any atom is -0.411 e. The third-order valence-corrected chi connectivity index (χ3v) is 3.58. The SMILES string of the molecule is ON=C1CCC(OCc2cccc(F)c2Cl)CC1. The summed E-state index contributed by atoms with van der Waals surface area (Å²) in [6.45, 7) is 0.312. The molecule has 3 nitrogen and oxygen atoms in total. The van der Waals surface area contributed by atoms with Crippen molar-refractivity contribution in [3.8, 4) is 0 Å². The van der Waals surface area contributed by atoms with E-state index in [2.05, 4.69) is 5.16 Å². The first-order valence-corrected chi connectivity index (χ1v) is 6.33. The Morgan fingerprint density at radius 1 is 1.39 bits per heavy atom. The van der Waals surface area contributed by atoms with Gasteiger partial charge in [0.25, 0.3) is 0 Å². The molecule has 1 aromatic carbocycles. The van der Waals surface area contributed by atoms with Crippen molar-refractivity contribution >= 4 is 17.3 Å². The minimum atomic E-state index is -0.420. The summed E-state index contributed by atoms with van der Waals surface area (Å²) < 4.78 is 18.9. The summed E-state index contributed by atoms with van der Waals surface area (Å²) in [5.74, 6) is -0.420. The Labute approximate surface area is 110 Å². The third-order valence-electron chi connectivity index (χ3n) is 3.16. The Hall–Kier alpha value is -1.13. The molecule has 0 radical (unpaired) electrons. The van der Waals surface area contributed by atoms with Crippen molar-refractivity contribution in [1.82, 2.24) is 0 Å². The van der Waals surface area contributed by atoms with Crippen molar-refractivity contribution in [2.45, 2.75) is 38.4 Å². The lowest BCUT2D eigenvalue weighted by molar-refractivity contribution is 0.0276. The quantitative estimate of drug-likeness (QED) is 0.672. The molecule has 1 saturated carbocycles. The van der Waals surface area contributed by atoms with Crippen molar-refractivity contribution in [2.75, 3.05) is 0 Å². The average Bonchev–Trinajstić information content (AvgIpc) is 2.41. The van der Waals surface area contributed by atoms with Crippen LogP contribution in [0, 0.1) is 5.82 Å². The maximum Gasteiger partial charge on any atom is 0.142 e. The Kier molecular flexibility index (Phi) is 4.55. The number of benzene rings is 1. The van der Waals surface area contributed by atoms with Gasteiger partial charge in [-0.3, -0.25) is 0 Å². The second kappa shape index (κ2) is 6.16. The van der Waals surface area contributed by atoms with E-state index in [0.717, 1.165) is 31.4 Å². The molecular formula is C13H15ClFNO2. The van der Waals surface area contributed by atoms with Crippen LogP contribution in [-0.4, -0.2) is 17.0 Å². The van der Waals surface area contributed by atoms with E-state index in [1.165, 1.54) is 6.07 Å². The fraction of sp³-hybridized carbons (Fsp3) is 0.462. The van der Waals surface area contributed by atoms with Crippen LogP contribution < -0.4 is 0 Å². The Balaban J connectivity index is 1.87. The first-order valence-electron chi connectivity index (χ1n) is 5.95. The van der Waals surface area contributed by atoms with Crippen molar-refractivity contribution < 1.29 is 14.3 Å². The van der Waals surface area contributed by atoms with Crippen molar-refractivity contribution in [2.24, 2.45) is 5.16 Å². The number of nitrogens with zero attached hydrogens (tertiary/aromatic N) is 1. The molecular weight excluding hydrogens is 257 g/mol. The average molecular weight is 272 g/mol. The lowest BCUT2D eigenvalue weighted by atomic mass is 9.96. The molecule has 1 aliphatic rings. The number of hydrogen-bond acceptors (Lipinski definition) is 3. The summed E-state index contributed by atoms with van der Waals surface area (Å²) in [4.78, 5) is 0. The smallest absolute Gasteiger partial charge is 0.142 e. The molecule has 2 rings (SSSR count). The van der Waals surface area contributed by atoms with Gasteiger partial charge in [0.1, 0.15) is 5.82 Å². The fourth-order valence-corrected chi connectivity index (χ4v) is 2.24. The summed E-state index contributed by atoms with van der Waals surface area (Å²) in [5.41, 5.74) is 1.48. The molecule has 18 heavy (non-hydrogen) atoms. The molecule has 0 saturated heterocycles. The number of rotatable bonds is 3. The third kappa shape index (κ3) is 3.21. The zero-order valence-electron chi connectivity index (χ0n) is 9.90. The zero-order valence-corrected chi connectivity index (χ0v) is 10.7. The summed E-state index contributed by atoms with van der Waals surface area (Å²) >= 11 is 5.85. The maximum atomic E-state index is 13.2. The van der Waals surface area contributed by atoms with Gasteiger partial charge < -0.3 is 9.94 Å². The number of hydrogen-bond donors (Lipinski definition) is 1. The van der Waals surface area contributed by atoms with E-state index in [1.54, 1.807) is 12.1 Å². The van der Waals surface area contributed by atoms with Crippen LogP contribution in [-0.2, 0) is 11.3 Å². The molecule has 1 N–H and O–H groups in total. The molecule has 1 aromatic rings. The van der Waals surface area contributed by atoms with E-state index in [0.29, 0.717) is 12.2 Å². The Morgan fingerprint density at radius 2 is 2.11 bits per heavy atom. The zero-order chi connectivity index (χ0) is 13.0. The number of ether oxygens (including phenoxy) is 1. The van der Waals surface area contributed by atoms with Gasteiger partial charge in [-0.1, -0.05) is 28.9 Å². The largest absolute Gasteiger partial charge is 0.411 e. The Bertz CT molecular complexity index is 441. The second-order valence-electron chi connectivity index (χ2n) is 4.39. The van der Waals surface area contributed by atoms with Crippen molar-refractivity contribution in [1.29, 1.82) is 0 Å². The van der Waals surface area contributed by atoms with Crippen molar-refractivity contribution in [3.63, 3.8) is 0 Å². The lowest BCUT2D eigenvalue weighted by Crippen LogP contribution is -2.21. The van der Waals surface area contributed by atoms with Gasteiger partial charge in [-0.25, -0.2) is 4.39 Å². The van der Waals surface area contributed by atoms with Crippen LogP contribution in [0.3, 0.4) is 0 Å². The monoisotopic (exact) mass is 271 g/mol. The predicted molar refractivity (Wildman–Crippen MR) is 67.7 cm³/mol. The normalized spacial score (nSPS) is 19.9. The van der Waals surface area contributed by atoms with E-state index in [4.69, 9.17) is 21.5 Å². The van der Waals surface area contributed by atoms with Gasteiger partial charge in [-0.15, -0.1) is 0 Å². The molecule has 0 spiro atoms. The number of halogens is 2. The highest BCUT2D eigenvalue weighted by atomic mass is 35.5. The molecule has 0 aliphatic heterocycles. The molecule has 0 amide bonds. The van der Waals surface area contributed by atoms with Gasteiger partial charge in [-0.2, -0.15) is 0 Å². The summed E-state index contributed by atoms with van der Waals surface area (Å²) in [5, 5.41) is 12.0. The number of oxime groups is 1. The van der Waals surface area contributed by atoms with Crippen LogP contribution in [0.25, 0.3) is 0 Å². The van der Waals surface area contributed by atoms with Crippen LogP contribution in [0.2, 0.25) is 5.02 Å². The van der Waals surface area contributed by atoms with Gasteiger partial charge in [-0.05, 0) is 37.3 Å². The predicted octanol–water partition coefficient (Wildman–Crippen LogP) is 3.77. The molecule has 1 aliphatic carbocycles. The van der Waals surface area contributed by atoms with E-state index >= 15 is 0 Å². The standard InChI is InChI=1S/C13H15ClFNO2/c14-13-9(2-1-3-12(13)15)8-18-11-6-4-10(16-17)5-7-11/h1-3,11,17H,4-8H2. The molecule has 0 aromatic heterocycles. The summed E-state index contributed by atoms with van der Waals surface area (Å²) in [6.07, 6.45) is 3.27. The topological polar surface area (TPSA) is 41.8 Å². The molecule has 5 heteroatoms. The van der Waals surface area contributed by atoms with E-state index in [1.807, 2.05) is 0 Å². The van der Waals surface area contributed by atoms with Crippen LogP contribution in [0.15, 0.2) is 23.4 Å². The first-order chi connectivity index (χ1) is 8.70. The molecule has 0 bridgehead atoms. The molecule has 0 atom stereocenters. The summed E-state index contributed by atoms with van der Waals surface area (Å²) in [6, 6.07) is 4.71. The van der Waals surface area contributed by atoms with E-state index in [9.17, 15) is 4.39 Å². The highest BCUT2D eigenvalue weighted by Gasteiger charge is 2.19. The Morgan fingerprint density at radius 3 is 2.78 bits per heavy atom. The molecule has 0 unspecified atom stereocenters. The second-order valence-corrected chi connectivity index (χ2v) is 4.77. The van der Waals surface area contributed by atoms with Crippen LogP contribution >= 0.6 is 11.6 Å². The molecule has 98 valence electrons. The van der Waals surface area contributed by atoms with E-state index < -0.39 is 5.82 Å².